The summed E-state index contributed by atoms with van der Waals surface area (Å²) in [5, 5.41) is 4.44. The summed E-state index contributed by atoms with van der Waals surface area (Å²) in [7, 11) is 3.49. The van der Waals surface area contributed by atoms with E-state index in [2.05, 4.69) is 15.1 Å². The third kappa shape index (κ3) is 2.67. The monoisotopic (exact) mass is 315 g/mol. The van der Waals surface area contributed by atoms with E-state index in [1.54, 1.807) is 31.0 Å². The van der Waals surface area contributed by atoms with Crippen LogP contribution in [0.2, 0.25) is 0 Å². The van der Waals surface area contributed by atoms with Gasteiger partial charge in [-0.15, -0.1) is 0 Å². The topological polar surface area (TPSA) is 73.1 Å². The van der Waals surface area contributed by atoms with Crippen LogP contribution in [0, 0.1) is 13.8 Å². The Morgan fingerprint density at radius 3 is 2.87 bits per heavy atom. The molecule has 0 N–H and O–H groups in total. The lowest BCUT2D eigenvalue weighted by Crippen LogP contribution is -2.31. The fourth-order valence-electron chi connectivity index (χ4n) is 3.31. The molecule has 1 atom stereocenters. The largest absolute Gasteiger partial charge is 0.481 e. The van der Waals surface area contributed by atoms with Crippen molar-refractivity contribution in [2.75, 3.05) is 13.7 Å². The van der Waals surface area contributed by atoms with Gasteiger partial charge < -0.3 is 9.64 Å². The zero-order chi connectivity index (χ0) is 16.6. The number of carbonyl (C=O) groups is 1. The fraction of sp³-hybridized carbons (Fsp3) is 0.500. The van der Waals surface area contributed by atoms with Gasteiger partial charge in [0.25, 0.3) is 5.91 Å². The third-order valence-electron chi connectivity index (χ3n) is 4.25. The Kier molecular flexibility index (Phi) is 4.02. The predicted octanol–water partition coefficient (Wildman–Crippen LogP) is 1.81. The Bertz CT molecular complexity index is 740. The summed E-state index contributed by atoms with van der Waals surface area (Å²) < 4.78 is 7.22. The van der Waals surface area contributed by atoms with E-state index in [0.717, 1.165) is 24.1 Å². The number of aryl methyl sites for hydroxylation is 3. The number of likely N-dealkylation sites (tertiary alicyclic amines) is 1. The van der Waals surface area contributed by atoms with Gasteiger partial charge in [-0.1, -0.05) is 0 Å². The highest BCUT2D eigenvalue weighted by atomic mass is 16.5. The molecule has 1 aliphatic rings. The zero-order valence-corrected chi connectivity index (χ0v) is 13.9. The van der Waals surface area contributed by atoms with Crippen molar-refractivity contribution in [1.29, 1.82) is 0 Å². The molecule has 2 aromatic heterocycles. The van der Waals surface area contributed by atoms with Gasteiger partial charge in [0.1, 0.15) is 11.5 Å². The molecule has 1 amide bonds. The first-order valence-corrected chi connectivity index (χ1v) is 7.71. The van der Waals surface area contributed by atoms with Crippen LogP contribution in [0.4, 0.5) is 0 Å². The third-order valence-corrected chi connectivity index (χ3v) is 4.25. The van der Waals surface area contributed by atoms with Crippen molar-refractivity contribution in [2.45, 2.75) is 32.7 Å². The number of nitrogens with zero attached hydrogens (tertiary/aromatic N) is 5. The lowest BCUT2D eigenvalue weighted by Gasteiger charge is -2.25. The first-order chi connectivity index (χ1) is 11.0. The van der Waals surface area contributed by atoms with Gasteiger partial charge in [-0.05, 0) is 32.8 Å². The number of hydrogen-bond donors (Lipinski definition) is 0. The second-order valence-electron chi connectivity index (χ2n) is 5.78. The smallest absolute Gasteiger partial charge is 0.273 e. The molecule has 7 heteroatoms. The maximum Gasteiger partial charge on any atom is 0.273 e. The Hall–Kier alpha value is -2.44. The van der Waals surface area contributed by atoms with Gasteiger partial charge in [-0.3, -0.25) is 4.79 Å². The Balaban J connectivity index is 1.96. The van der Waals surface area contributed by atoms with Gasteiger partial charge in [0.15, 0.2) is 0 Å². The molecule has 3 heterocycles. The van der Waals surface area contributed by atoms with Crippen LogP contribution in [0.5, 0.6) is 5.88 Å². The second-order valence-corrected chi connectivity index (χ2v) is 5.78. The van der Waals surface area contributed by atoms with E-state index in [4.69, 9.17) is 4.74 Å². The van der Waals surface area contributed by atoms with Crippen LogP contribution in [-0.2, 0) is 7.05 Å². The van der Waals surface area contributed by atoms with Gasteiger partial charge in [-0.25, -0.2) is 14.6 Å². The molecular weight excluding hydrogens is 294 g/mol. The summed E-state index contributed by atoms with van der Waals surface area (Å²) >= 11 is 0. The second kappa shape index (κ2) is 5.98. The van der Waals surface area contributed by atoms with Crippen molar-refractivity contribution in [2.24, 2.45) is 7.05 Å². The normalized spacial score (nSPS) is 17.6. The summed E-state index contributed by atoms with van der Waals surface area (Å²) in [6.45, 7) is 4.45. The maximum atomic E-state index is 12.9. The van der Waals surface area contributed by atoms with Gasteiger partial charge in [-0.2, -0.15) is 5.10 Å². The van der Waals surface area contributed by atoms with E-state index in [1.807, 2.05) is 18.9 Å². The van der Waals surface area contributed by atoms with Crippen LogP contribution in [-0.4, -0.2) is 44.2 Å². The summed E-state index contributed by atoms with van der Waals surface area (Å²) in [5.41, 5.74) is 2.32. The minimum atomic E-state index is -0.0664. The van der Waals surface area contributed by atoms with Crippen molar-refractivity contribution in [3.05, 3.63) is 35.0 Å². The Morgan fingerprint density at radius 2 is 2.17 bits per heavy atom. The summed E-state index contributed by atoms with van der Waals surface area (Å²) in [5.74, 6) is 1.25. The molecule has 3 rings (SSSR count). The van der Waals surface area contributed by atoms with Crippen LogP contribution in [0.15, 0.2) is 12.3 Å². The highest BCUT2D eigenvalue weighted by molar-refractivity contribution is 5.92. The average Bonchev–Trinajstić information content (AvgIpc) is 3.09. The van der Waals surface area contributed by atoms with E-state index in [9.17, 15) is 4.79 Å². The zero-order valence-electron chi connectivity index (χ0n) is 13.9. The van der Waals surface area contributed by atoms with Gasteiger partial charge in [0.2, 0.25) is 5.88 Å². The molecule has 7 nitrogen and oxygen atoms in total. The van der Waals surface area contributed by atoms with Gasteiger partial charge in [0.05, 0.1) is 24.4 Å². The molecule has 122 valence electrons. The molecule has 0 radical (unpaired) electrons. The lowest BCUT2D eigenvalue weighted by atomic mass is 10.0. The SMILES string of the molecule is COc1c([C@@H]2CCCN2C(=O)c2ccnc(C)n2)c(C)nn1C. The molecule has 1 saturated heterocycles. The number of carbonyl (C=O) groups excluding carboxylic acids is 1. The first kappa shape index (κ1) is 15.5. The van der Waals surface area contributed by atoms with E-state index >= 15 is 0 Å². The molecular formula is C16H21N5O2. The fourth-order valence-corrected chi connectivity index (χ4v) is 3.31. The number of methoxy groups -OCH3 is 1. The van der Waals surface area contributed by atoms with Crippen molar-refractivity contribution < 1.29 is 9.53 Å². The molecule has 2 aromatic rings. The van der Waals surface area contributed by atoms with Crippen molar-refractivity contribution >= 4 is 5.91 Å². The van der Waals surface area contributed by atoms with E-state index < -0.39 is 0 Å². The quantitative estimate of drug-likeness (QED) is 0.863. The molecule has 0 aromatic carbocycles. The Labute approximate surface area is 135 Å². The Morgan fingerprint density at radius 1 is 1.39 bits per heavy atom. The minimum Gasteiger partial charge on any atom is -0.481 e. The molecule has 1 aliphatic heterocycles. The van der Waals surface area contributed by atoms with E-state index in [0.29, 0.717) is 23.9 Å². The molecule has 0 bridgehead atoms. The number of aromatic nitrogens is 4. The van der Waals surface area contributed by atoms with Gasteiger partial charge >= 0.3 is 0 Å². The van der Waals surface area contributed by atoms with Crippen molar-refractivity contribution in [3.8, 4) is 5.88 Å². The maximum absolute atomic E-state index is 12.9. The minimum absolute atomic E-state index is 0.0265. The average molecular weight is 315 g/mol. The number of amides is 1. The summed E-state index contributed by atoms with van der Waals surface area (Å²) in [6.07, 6.45) is 3.48. The van der Waals surface area contributed by atoms with Crippen molar-refractivity contribution in [1.82, 2.24) is 24.6 Å². The van der Waals surface area contributed by atoms with Gasteiger partial charge in [0, 0.05) is 19.8 Å². The molecule has 0 unspecified atom stereocenters. The summed E-state index contributed by atoms with van der Waals surface area (Å²) in [6, 6.07) is 1.64. The van der Waals surface area contributed by atoms with Crippen LogP contribution in [0.3, 0.4) is 0 Å². The van der Waals surface area contributed by atoms with Crippen LogP contribution >= 0.6 is 0 Å². The van der Waals surface area contributed by atoms with Crippen molar-refractivity contribution in [3.63, 3.8) is 0 Å². The molecule has 0 saturated carbocycles. The van der Waals surface area contributed by atoms with E-state index in [1.165, 1.54) is 0 Å². The van der Waals surface area contributed by atoms with Crippen LogP contribution in [0.25, 0.3) is 0 Å². The number of ether oxygens (including phenoxy) is 1. The highest BCUT2D eigenvalue weighted by Crippen LogP contribution is 2.39. The highest BCUT2D eigenvalue weighted by Gasteiger charge is 2.35. The van der Waals surface area contributed by atoms with Crippen LogP contribution < -0.4 is 4.74 Å². The molecule has 0 spiro atoms. The number of rotatable bonds is 3. The standard InChI is InChI=1S/C16H21N5O2/c1-10-14(16(23-4)20(3)19-10)13-6-5-9-21(13)15(22)12-7-8-17-11(2)18-12/h7-8,13H,5-6,9H2,1-4H3/t13-/m0/s1. The predicted molar refractivity (Wildman–Crippen MR) is 84.3 cm³/mol. The molecule has 1 fully saturated rings. The molecule has 23 heavy (non-hydrogen) atoms. The lowest BCUT2D eigenvalue weighted by molar-refractivity contribution is 0.0727. The summed E-state index contributed by atoms with van der Waals surface area (Å²) in [4.78, 5) is 23.1. The van der Waals surface area contributed by atoms with E-state index in [-0.39, 0.29) is 11.9 Å². The van der Waals surface area contributed by atoms with Crippen LogP contribution in [0.1, 0.15) is 46.5 Å². The molecule has 0 aliphatic carbocycles. The first-order valence-electron chi connectivity index (χ1n) is 7.71. The number of hydrogen-bond acceptors (Lipinski definition) is 5.